The van der Waals surface area contributed by atoms with Gasteiger partial charge >= 0.3 is 0 Å². The summed E-state index contributed by atoms with van der Waals surface area (Å²) < 4.78 is 5.83. The van der Waals surface area contributed by atoms with Crippen LogP contribution >= 0.6 is 0 Å². The van der Waals surface area contributed by atoms with E-state index in [0.717, 1.165) is 16.9 Å². The van der Waals surface area contributed by atoms with Gasteiger partial charge in [-0.25, -0.2) is 0 Å². The van der Waals surface area contributed by atoms with Gasteiger partial charge in [-0.15, -0.1) is 0 Å². The van der Waals surface area contributed by atoms with Crippen LogP contribution in [0, 0.1) is 5.41 Å². The van der Waals surface area contributed by atoms with E-state index in [2.05, 4.69) is 88.4 Å². The van der Waals surface area contributed by atoms with Gasteiger partial charge in [-0.2, -0.15) is 0 Å². The van der Waals surface area contributed by atoms with E-state index in [1.54, 1.807) is 0 Å². The highest BCUT2D eigenvalue weighted by Gasteiger charge is 2.36. The molecule has 0 N–H and O–H groups in total. The lowest BCUT2D eigenvalue weighted by atomic mass is 9.67. The van der Waals surface area contributed by atoms with Crippen LogP contribution in [0.5, 0.6) is 0 Å². The Morgan fingerprint density at radius 1 is 0.818 bits per heavy atom. The Morgan fingerprint density at radius 2 is 1.23 bits per heavy atom. The van der Waals surface area contributed by atoms with Crippen molar-refractivity contribution < 1.29 is 4.43 Å². The van der Waals surface area contributed by atoms with Gasteiger partial charge in [0.25, 0.3) is 0 Å². The summed E-state index contributed by atoms with van der Waals surface area (Å²) in [6.45, 7) is 9.13. The molecule has 1 nitrogen and oxygen atoms in total. The lowest BCUT2D eigenvalue weighted by Crippen LogP contribution is -2.35. The van der Waals surface area contributed by atoms with Gasteiger partial charge in [0.05, 0.1) is 0 Å². The average Bonchev–Trinajstić information content (AvgIpc) is 2.48. The van der Waals surface area contributed by atoms with Crippen molar-refractivity contribution in [2.45, 2.75) is 45.6 Å². The Bertz CT molecular complexity index is 536. The first-order valence-electron chi connectivity index (χ1n) is 8.01. The highest BCUT2D eigenvalue weighted by atomic mass is 28.2. The maximum Gasteiger partial charge on any atom is 0.146 e. The SMILES string of the molecule is CC(C)(CC(C)(C)C(c1ccccc1)c1ccccc1)O[SiH3]. The predicted molar refractivity (Wildman–Crippen MR) is 98.2 cm³/mol. The fourth-order valence-electron chi connectivity index (χ4n) is 3.66. The third-order valence-corrected chi connectivity index (χ3v) is 5.59. The molecule has 0 unspecified atom stereocenters. The van der Waals surface area contributed by atoms with Crippen molar-refractivity contribution in [3.05, 3.63) is 71.8 Å². The lowest BCUT2D eigenvalue weighted by Gasteiger charge is -2.41. The van der Waals surface area contributed by atoms with E-state index in [0.29, 0.717) is 5.92 Å². The minimum atomic E-state index is -0.0719. The Labute approximate surface area is 138 Å². The monoisotopic (exact) mass is 312 g/mol. The number of rotatable bonds is 6. The number of benzene rings is 2. The third kappa shape index (κ3) is 4.08. The van der Waals surface area contributed by atoms with Crippen LogP contribution in [0.15, 0.2) is 60.7 Å². The molecule has 0 aliphatic heterocycles. The van der Waals surface area contributed by atoms with Crippen molar-refractivity contribution in [2.24, 2.45) is 5.41 Å². The Kier molecular flexibility index (Phi) is 5.25. The van der Waals surface area contributed by atoms with Gasteiger partial charge in [0, 0.05) is 11.5 Å². The summed E-state index contributed by atoms with van der Waals surface area (Å²) >= 11 is 0. The fraction of sp³-hybridized carbons (Fsp3) is 0.400. The molecule has 0 aromatic heterocycles. The molecule has 0 spiro atoms. The van der Waals surface area contributed by atoms with Crippen molar-refractivity contribution in [1.29, 1.82) is 0 Å². The van der Waals surface area contributed by atoms with Gasteiger partial charge in [-0.05, 0) is 36.8 Å². The highest BCUT2D eigenvalue weighted by Crippen LogP contribution is 2.46. The zero-order valence-corrected chi connectivity index (χ0v) is 16.5. The summed E-state index contributed by atoms with van der Waals surface area (Å²) in [5.74, 6) is 0.367. The van der Waals surface area contributed by atoms with E-state index in [1.165, 1.54) is 11.1 Å². The zero-order chi connectivity index (χ0) is 16.2. The van der Waals surface area contributed by atoms with Gasteiger partial charge in [-0.1, -0.05) is 74.5 Å². The smallest absolute Gasteiger partial charge is 0.146 e. The summed E-state index contributed by atoms with van der Waals surface area (Å²) in [5.41, 5.74) is 2.79. The van der Waals surface area contributed by atoms with Gasteiger partial charge < -0.3 is 4.43 Å². The van der Waals surface area contributed by atoms with Gasteiger partial charge in [0.15, 0.2) is 0 Å². The summed E-state index contributed by atoms with van der Waals surface area (Å²) in [5, 5.41) is 0. The van der Waals surface area contributed by atoms with Crippen LogP contribution in [0.3, 0.4) is 0 Å². The van der Waals surface area contributed by atoms with E-state index in [9.17, 15) is 0 Å². The summed E-state index contributed by atoms with van der Waals surface area (Å²) in [6, 6.07) is 21.7. The first-order valence-corrected chi connectivity index (χ1v) is 8.82. The van der Waals surface area contributed by atoms with E-state index in [1.807, 2.05) is 0 Å². The molecule has 22 heavy (non-hydrogen) atoms. The van der Waals surface area contributed by atoms with Gasteiger partial charge in [-0.3, -0.25) is 0 Å². The zero-order valence-electron chi connectivity index (χ0n) is 14.5. The molecule has 0 aliphatic rings. The van der Waals surface area contributed by atoms with Crippen molar-refractivity contribution in [2.75, 3.05) is 0 Å². The normalized spacial score (nSPS) is 12.8. The van der Waals surface area contributed by atoms with Crippen molar-refractivity contribution in [3.8, 4) is 0 Å². The molecule has 0 atom stereocenters. The molecular weight excluding hydrogens is 284 g/mol. The van der Waals surface area contributed by atoms with Crippen LogP contribution < -0.4 is 0 Å². The minimum absolute atomic E-state index is 0.0719. The molecule has 118 valence electrons. The lowest BCUT2D eigenvalue weighted by molar-refractivity contribution is 0.0591. The quantitative estimate of drug-likeness (QED) is 0.722. The molecule has 2 aromatic carbocycles. The second kappa shape index (κ2) is 6.80. The van der Waals surface area contributed by atoms with Crippen LogP contribution in [0.25, 0.3) is 0 Å². The van der Waals surface area contributed by atoms with E-state index in [4.69, 9.17) is 4.43 Å². The first kappa shape index (κ1) is 17.0. The molecule has 0 saturated carbocycles. The summed E-state index contributed by atoms with van der Waals surface area (Å²) in [4.78, 5) is 0. The molecular formula is C20H28OSi. The van der Waals surface area contributed by atoms with E-state index < -0.39 is 0 Å². The third-order valence-electron chi connectivity index (χ3n) is 4.48. The molecule has 2 heteroatoms. The second-order valence-electron chi connectivity index (χ2n) is 7.38. The molecule has 0 bridgehead atoms. The molecule has 2 rings (SSSR count). The van der Waals surface area contributed by atoms with Crippen LogP contribution in [-0.4, -0.2) is 16.1 Å². The van der Waals surface area contributed by atoms with Crippen LogP contribution in [0.1, 0.15) is 51.2 Å². The summed E-state index contributed by atoms with van der Waals surface area (Å²) in [7, 11) is 0.777. The van der Waals surface area contributed by atoms with Crippen molar-refractivity contribution in [3.63, 3.8) is 0 Å². The van der Waals surface area contributed by atoms with Gasteiger partial charge in [0.2, 0.25) is 0 Å². The molecule has 2 aromatic rings. The van der Waals surface area contributed by atoms with Crippen molar-refractivity contribution in [1.82, 2.24) is 0 Å². The maximum absolute atomic E-state index is 5.83. The highest BCUT2D eigenvalue weighted by molar-refractivity contribution is 5.98. The Balaban J connectivity index is 2.45. The average molecular weight is 313 g/mol. The first-order chi connectivity index (χ1) is 10.4. The van der Waals surface area contributed by atoms with Crippen molar-refractivity contribution >= 4 is 10.5 Å². The van der Waals surface area contributed by atoms with Crippen LogP contribution in [0.2, 0.25) is 0 Å². The molecule has 0 amide bonds. The predicted octanol–water partition coefficient (Wildman–Crippen LogP) is 4.31. The summed E-state index contributed by atoms with van der Waals surface area (Å²) in [6.07, 6.45) is 1.03. The standard InChI is InChI=1S/C20H28OSi/c1-19(2,15-20(3,4)21-22)18(16-11-7-5-8-12-16)17-13-9-6-10-14-17/h5-14,18H,15H2,1-4,22H3. The maximum atomic E-state index is 5.83. The molecule has 0 fully saturated rings. The fourth-order valence-corrected chi connectivity index (χ4v) is 3.80. The molecule has 0 aliphatic carbocycles. The Morgan fingerprint density at radius 3 is 1.59 bits per heavy atom. The molecule has 0 saturated heterocycles. The van der Waals surface area contributed by atoms with E-state index >= 15 is 0 Å². The number of hydrogen-bond acceptors (Lipinski definition) is 1. The minimum Gasteiger partial charge on any atom is -0.423 e. The molecule has 0 heterocycles. The van der Waals surface area contributed by atoms with Gasteiger partial charge in [0.1, 0.15) is 10.5 Å². The largest absolute Gasteiger partial charge is 0.423 e. The van der Waals surface area contributed by atoms with Crippen LogP contribution in [-0.2, 0) is 4.43 Å². The molecule has 0 radical (unpaired) electrons. The Hall–Kier alpha value is -1.38. The van der Waals surface area contributed by atoms with E-state index in [-0.39, 0.29) is 11.0 Å². The van der Waals surface area contributed by atoms with Crippen LogP contribution in [0.4, 0.5) is 0 Å². The number of hydrogen-bond donors (Lipinski definition) is 0. The topological polar surface area (TPSA) is 9.23 Å². The second-order valence-corrected chi connectivity index (χ2v) is 7.79.